The van der Waals surface area contributed by atoms with Crippen molar-refractivity contribution in [2.45, 2.75) is 0 Å². The molecule has 104 valence electrons. The third-order valence-electron chi connectivity index (χ3n) is 2.36. The Bertz CT molecular complexity index is 688. The molecule has 0 amide bonds. The zero-order valence-corrected chi connectivity index (χ0v) is 12.6. The van der Waals surface area contributed by atoms with E-state index in [0.29, 0.717) is 0 Å². The first kappa shape index (κ1) is 15.4. The molecule has 20 heavy (non-hydrogen) atoms. The molecule has 0 spiro atoms. The molecular weight excluding hydrogens is 349 g/mol. The van der Waals surface area contributed by atoms with Crippen LogP contribution in [0.1, 0.15) is 10.4 Å². The number of hydrogen-bond acceptors (Lipinski definition) is 2. The number of ether oxygens (including phenoxy) is 1. The van der Waals surface area contributed by atoms with Crippen molar-refractivity contribution in [3.63, 3.8) is 0 Å². The number of rotatable bonds is 2. The Labute approximate surface area is 134 Å². The van der Waals surface area contributed by atoms with Crippen LogP contribution in [0.5, 0.6) is 5.75 Å². The first-order chi connectivity index (χ1) is 9.41. The van der Waals surface area contributed by atoms with Crippen LogP contribution in [0.2, 0.25) is 20.1 Å². The van der Waals surface area contributed by atoms with Gasteiger partial charge in [-0.1, -0.05) is 58.5 Å². The quantitative estimate of drug-likeness (QED) is 0.301. The summed E-state index contributed by atoms with van der Waals surface area (Å²) in [4.78, 5) is 11.9. The second kappa shape index (κ2) is 6.19. The maximum Gasteiger partial charge on any atom is 0.346 e. The standard InChI is InChI=1S/C13H5Cl4FO2/c14-7-5-8(15)12(11(17)10(7)16)20-13(19)6-3-1-2-4-9(6)18/h1-5H. The molecule has 2 rings (SSSR count). The van der Waals surface area contributed by atoms with Crippen molar-refractivity contribution in [3.05, 3.63) is 61.8 Å². The summed E-state index contributed by atoms with van der Waals surface area (Å²) in [7, 11) is 0. The molecule has 2 nitrogen and oxygen atoms in total. The molecule has 0 saturated heterocycles. The first-order valence-electron chi connectivity index (χ1n) is 5.21. The van der Waals surface area contributed by atoms with Gasteiger partial charge in [-0.05, 0) is 18.2 Å². The smallest absolute Gasteiger partial charge is 0.346 e. The average Bonchev–Trinajstić information content (AvgIpc) is 2.41. The van der Waals surface area contributed by atoms with Crippen molar-refractivity contribution >= 4 is 52.4 Å². The summed E-state index contributed by atoms with van der Waals surface area (Å²) >= 11 is 23.4. The third-order valence-corrected chi connectivity index (χ3v) is 3.89. The van der Waals surface area contributed by atoms with E-state index < -0.39 is 11.8 Å². The van der Waals surface area contributed by atoms with Crippen LogP contribution in [0.25, 0.3) is 0 Å². The van der Waals surface area contributed by atoms with Crippen molar-refractivity contribution in [2.75, 3.05) is 0 Å². The minimum Gasteiger partial charge on any atom is -0.420 e. The lowest BCUT2D eigenvalue weighted by Gasteiger charge is -2.10. The number of esters is 1. The Balaban J connectivity index is 2.39. The van der Waals surface area contributed by atoms with Crippen LogP contribution in [0, 0.1) is 5.82 Å². The lowest BCUT2D eigenvalue weighted by atomic mass is 10.2. The van der Waals surface area contributed by atoms with Crippen LogP contribution < -0.4 is 4.74 Å². The van der Waals surface area contributed by atoms with Gasteiger partial charge >= 0.3 is 5.97 Å². The SMILES string of the molecule is O=C(Oc1c(Cl)cc(Cl)c(Cl)c1Cl)c1ccccc1F. The molecule has 7 heteroatoms. The highest BCUT2D eigenvalue weighted by atomic mass is 35.5. The Kier molecular flexibility index (Phi) is 4.76. The van der Waals surface area contributed by atoms with Crippen LogP contribution in [-0.2, 0) is 0 Å². The van der Waals surface area contributed by atoms with Crippen molar-refractivity contribution in [1.82, 2.24) is 0 Å². The molecule has 0 unspecified atom stereocenters. The summed E-state index contributed by atoms with van der Waals surface area (Å²) in [5.74, 6) is -1.83. The summed E-state index contributed by atoms with van der Waals surface area (Å²) in [5.41, 5.74) is -0.245. The van der Waals surface area contributed by atoms with Crippen molar-refractivity contribution in [1.29, 1.82) is 0 Å². The third kappa shape index (κ3) is 3.01. The Morgan fingerprint density at radius 2 is 1.65 bits per heavy atom. The van der Waals surface area contributed by atoms with Gasteiger partial charge in [-0.3, -0.25) is 0 Å². The lowest BCUT2D eigenvalue weighted by Crippen LogP contribution is -2.11. The van der Waals surface area contributed by atoms with Crippen LogP contribution in [0.3, 0.4) is 0 Å². The molecule has 0 N–H and O–H groups in total. The van der Waals surface area contributed by atoms with E-state index in [1.807, 2.05) is 0 Å². The average molecular weight is 354 g/mol. The monoisotopic (exact) mass is 352 g/mol. The second-order valence-corrected chi connectivity index (χ2v) is 5.24. The van der Waals surface area contributed by atoms with Gasteiger partial charge in [0.15, 0.2) is 5.75 Å². The molecule has 2 aromatic carbocycles. The summed E-state index contributed by atoms with van der Waals surface area (Å²) < 4.78 is 18.5. The first-order valence-corrected chi connectivity index (χ1v) is 6.72. The summed E-state index contributed by atoms with van der Waals surface area (Å²) in [6, 6.07) is 6.63. The molecule has 0 radical (unpaired) electrons. The normalized spacial score (nSPS) is 10.4. The fraction of sp³-hybridized carbons (Fsp3) is 0. The predicted octanol–water partition coefficient (Wildman–Crippen LogP) is 5.66. The van der Waals surface area contributed by atoms with Gasteiger partial charge in [-0.15, -0.1) is 0 Å². The van der Waals surface area contributed by atoms with Gasteiger partial charge in [0, 0.05) is 0 Å². The molecule has 0 bridgehead atoms. The highest BCUT2D eigenvalue weighted by molar-refractivity contribution is 6.50. The van der Waals surface area contributed by atoms with E-state index in [1.165, 1.54) is 24.3 Å². The maximum absolute atomic E-state index is 13.5. The maximum atomic E-state index is 13.5. The number of halogens is 5. The van der Waals surface area contributed by atoms with Gasteiger partial charge in [-0.25, -0.2) is 9.18 Å². The molecule has 2 aromatic rings. The van der Waals surface area contributed by atoms with Crippen LogP contribution >= 0.6 is 46.4 Å². The Morgan fingerprint density at radius 1 is 1.00 bits per heavy atom. The summed E-state index contributed by atoms with van der Waals surface area (Å²) in [5, 5.41) is -0.00984. The van der Waals surface area contributed by atoms with E-state index >= 15 is 0 Å². The van der Waals surface area contributed by atoms with Gasteiger partial charge in [0.2, 0.25) is 0 Å². The molecule has 0 heterocycles. The molecule has 0 aromatic heterocycles. The lowest BCUT2D eigenvalue weighted by molar-refractivity contribution is 0.0730. The molecule has 0 aliphatic heterocycles. The van der Waals surface area contributed by atoms with Crippen molar-refractivity contribution in [2.24, 2.45) is 0 Å². The van der Waals surface area contributed by atoms with E-state index in [-0.39, 0.29) is 31.4 Å². The largest absolute Gasteiger partial charge is 0.420 e. The highest BCUT2D eigenvalue weighted by Crippen LogP contribution is 2.42. The summed E-state index contributed by atoms with van der Waals surface area (Å²) in [6.45, 7) is 0. The predicted molar refractivity (Wildman–Crippen MR) is 77.8 cm³/mol. The zero-order chi connectivity index (χ0) is 14.9. The minimum absolute atomic E-state index is 0.00547. The fourth-order valence-electron chi connectivity index (χ4n) is 1.42. The van der Waals surface area contributed by atoms with Gasteiger partial charge in [0.25, 0.3) is 0 Å². The highest BCUT2D eigenvalue weighted by Gasteiger charge is 2.20. The number of carbonyl (C=O) groups is 1. The van der Waals surface area contributed by atoms with E-state index in [9.17, 15) is 9.18 Å². The molecule has 0 aliphatic carbocycles. The number of hydrogen-bond donors (Lipinski definition) is 0. The molecule has 0 aliphatic rings. The van der Waals surface area contributed by atoms with Crippen LogP contribution in [-0.4, -0.2) is 5.97 Å². The van der Waals surface area contributed by atoms with E-state index in [1.54, 1.807) is 0 Å². The van der Waals surface area contributed by atoms with Crippen LogP contribution in [0.15, 0.2) is 30.3 Å². The van der Waals surface area contributed by atoms with E-state index in [4.69, 9.17) is 51.1 Å². The molecule has 0 atom stereocenters. The van der Waals surface area contributed by atoms with Gasteiger partial charge in [0.05, 0.1) is 20.6 Å². The van der Waals surface area contributed by atoms with Gasteiger partial charge < -0.3 is 4.74 Å². The molecular formula is C13H5Cl4FO2. The Hall–Kier alpha value is -1.00. The zero-order valence-electron chi connectivity index (χ0n) is 9.59. The molecule has 0 fully saturated rings. The van der Waals surface area contributed by atoms with E-state index in [0.717, 1.165) is 6.07 Å². The minimum atomic E-state index is -0.940. The van der Waals surface area contributed by atoms with Gasteiger partial charge in [-0.2, -0.15) is 0 Å². The van der Waals surface area contributed by atoms with Crippen LogP contribution in [0.4, 0.5) is 4.39 Å². The molecule has 0 saturated carbocycles. The summed E-state index contributed by atoms with van der Waals surface area (Å²) in [6.07, 6.45) is 0. The van der Waals surface area contributed by atoms with Gasteiger partial charge in [0.1, 0.15) is 10.8 Å². The Morgan fingerprint density at radius 3 is 2.30 bits per heavy atom. The second-order valence-electron chi connectivity index (χ2n) is 3.67. The topological polar surface area (TPSA) is 26.3 Å². The number of benzene rings is 2. The number of carbonyl (C=O) groups excluding carboxylic acids is 1. The van der Waals surface area contributed by atoms with Crippen molar-refractivity contribution in [3.8, 4) is 5.75 Å². The van der Waals surface area contributed by atoms with E-state index in [2.05, 4.69) is 0 Å². The fourth-order valence-corrected chi connectivity index (χ4v) is 2.40. The van der Waals surface area contributed by atoms with Crippen molar-refractivity contribution < 1.29 is 13.9 Å².